The zero-order valence-corrected chi connectivity index (χ0v) is 12.0. The highest BCUT2D eigenvalue weighted by atomic mass is 79.9. The van der Waals surface area contributed by atoms with E-state index in [4.69, 9.17) is 11.0 Å². The van der Waals surface area contributed by atoms with E-state index in [2.05, 4.69) is 21.2 Å². The van der Waals surface area contributed by atoms with Crippen LogP contribution in [0.3, 0.4) is 0 Å². The summed E-state index contributed by atoms with van der Waals surface area (Å²) in [5.41, 5.74) is 6.31. The number of carbonyl (C=O) groups is 1. The van der Waals surface area contributed by atoms with E-state index in [1.54, 1.807) is 18.2 Å². The molecule has 5 heteroatoms. The van der Waals surface area contributed by atoms with Gasteiger partial charge in [-0.05, 0) is 47.0 Å². The molecule has 0 bridgehead atoms. The van der Waals surface area contributed by atoms with Crippen molar-refractivity contribution in [2.24, 2.45) is 5.73 Å². The second-order valence-corrected chi connectivity index (χ2v) is 4.98. The van der Waals surface area contributed by atoms with Crippen molar-refractivity contribution >= 4 is 27.5 Å². The Morgan fingerprint density at radius 3 is 2.56 bits per heavy atom. The average Bonchev–Trinajstić information content (AvgIpc) is 2.39. The SMILES string of the molecule is CCC(N)(CC)C(=O)Nc1ccc(C#N)cc1Br. The maximum atomic E-state index is 12.1. The fraction of sp³-hybridized carbons (Fsp3) is 0.385. The molecular weight excluding hydrogens is 294 g/mol. The lowest BCUT2D eigenvalue weighted by molar-refractivity contribution is -0.121. The van der Waals surface area contributed by atoms with Gasteiger partial charge in [-0.3, -0.25) is 4.79 Å². The molecule has 3 N–H and O–H groups in total. The zero-order chi connectivity index (χ0) is 13.8. The second kappa shape index (κ2) is 5.98. The van der Waals surface area contributed by atoms with E-state index in [0.717, 1.165) is 0 Å². The van der Waals surface area contributed by atoms with E-state index in [9.17, 15) is 4.79 Å². The third kappa shape index (κ3) is 3.09. The Labute approximate surface area is 115 Å². The number of anilines is 1. The van der Waals surface area contributed by atoms with E-state index in [1.165, 1.54) is 0 Å². The van der Waals surface area contributed by atoms with Crippen LogP contribution in [0.4, 0.5) is 5.69 Å². The number of hydrogen-bond donors (Lipinski definition) is 2. The zero-order valence-electron chi connectivity index (χ0n) is 10.5. The smallest absolute Gasteiger partial charge is 0.244 e. The molecule has 0 heterocycles. The van der Waals surface area contributed by atoms with Gasteiger partial charge in [-0.1, -0.05) is 13.8 Å². The molecule has 0 saturated heterocycles. The van der Waals surface area contributed by atoms with Gasteiger partial charge in [0.25, 0.3) is 0 Å². The standard InChI is InChI=1S/C13H16BrN3O/c1-3-13(16,4-2)12(18)17-11-6-5-9(8-15)7-10(11)14/h5-7H,3-4,16H2,1-2H3,(H,17,18). The van der Waals surface area contributed by atoms with Crippen LogP contribution in [0.25, 0.3) is 0 Å². The molecule has 0 atom stereocenters. The summed E-state index contributed by atoms with van der Waals surface area (Å²) in [6.07, 6.45) is 1.15. The maximum absolute atomic E-state index is 12.1. The number of amides is 1. The number of nitrogens with two attached hydrogens (primary N) is 1. The van der Waals surface area contributed by atoms with Gasteiger partial charge in [-0.2, -0.15) is 5.26 Å². The summed E-state index contributed by atoms with van der Waals surface area (Å²) in [5, 5.41) is 11.5. The molecule has 0 aliphatic carbocycles. The van der Waals surface area contributed by atoms with E-state index in [0.29, 0.717) is 28.6 Å². The Morgan fingerprint density at radius 2 is 2.11 bits per heavy atom. The summed E-state index contributed by atoms with van der Waals surface area (Å²) in [7, 11) is 0. The van der Waals surface area contributed by atoms with Crippen LogP contribution >= 0.6 is 15.9 Å². The van der Waals surface area contributed by atoms with Crippen molar-refractivity contribution in [1.29, 1.82) is 5.26 Å². The molecule has 1 aromatic rings. The van der Waals surface area contributed by atoms with Crippen molar-refractivity contribution in [3.8, 4) is 6.07 Å². The fourth-order valence-corrected chi connectivity index (χ4v) is 1.98. The molecular formula is C13H16BrN3O. The highest BCUT2D eigenvalue weighted by Gasteiger charge is 2.30. The van der Waals surface area contributed by atoms with Crippen molar-refractivity contribution in [3.05, 3.63) is 28.2 Å². The van der Waals surface area contributed by atoms with Gasteiger partial charge >= 0.3 is 0 Å². The number of nitrogens with zero attached hydrogens (tertiary/aromatic N) is 1. The quantitative estimate of drug-likeness (QED) is 0.897. The number of nitriles is 1. The van der Waals surface area contributed by atoms with E-state index >= 15 is 0 Å². The lowest BCUT2D eigenvalue weighted by atomic mass is 9.93. The van der Waals surface area contributed by atoms with Crippen LogP contribution in [0.2, 0.25) is 0 Å². The normalized spacial score (nSPS) is 10.8. The molecule has 0 fully saturated rings. The molecule has 0 aliphatic rings. The van der Waals surface area contributed by atoms with Crippen molar-refractivity contribution in [2.45, 2.75) is 32.2 Å². The minimum absolute atomic E-state index is 0.210. The van der Waals surface area contributed by atoms with Crippen LogP contribution in [0.1, 0.15) is 32.3 Å². The van der Waals surface area contributed by atoms with Crippen LogP contribution in [0.15, 0.2) is 22.7 Å². The lowest BCUT2D eigenvalue weighted by Gasteiger charge is -2.25. The maximum Gasteiger partial charge on any atom is 0.244 e. The molecule has 0 aliphatic heterocycles. The largest absolute Gasteiger partial charge is 0.323 e. The predicted molar refractivity (Wildman–Crippen MR) is 75.0 cm³/mol. The molecule has 1 rings (SSSR count). The third-order valence-corrected chi connectivity index (χ3v) is 3.72. The molecule has 0 aromatic heterocycles. The monoisotopic (exact) mass is 309 g/mol. The van der Waals surface area contributed by atoms with Crippen LogP contribution in [0, 0.1) is 11.3 Å². The number of hydrogen-bond acceptors (Lipinski definition) is 3. The molecule has 18 heavy (non-hydrogen) atoms. The third-order valence-electron chi connectivity index (χ3n) is 3.06. The molecule has 0 saturated carbocycles. The first-order chi connectivity index (χ1) is 8.46. The minimum Gasteiger partial charge on any atom is -0.323 e. The molecule has 4 nitrogen and oxygen atoms in total. The second-order valence-electron chi connectivity index (χ2n) is 4.12. The molecule has 1 aromatic carbocycles. The Morgan fingerprint density at radius 1 is 1.50 bits per heavy atom. The van der Waals surface area contributed by atoms with Gasteiger partial charge in [-0.15, -0.1) is 0 Å². The minimum atomic E-state index is -0.854. The molecule has 0 radical (unpaired) electrons. The topological polar surface area (TPSA) is 78.9 Å². The number of nitrogens with one attached hydrogen (secondary N) is 1. The number of rotatable bonds is 4. The Bertz CT molecular complexity index is 489. The first kappa shape index (κ1) is 14.7. The molecule has 0 unspecified atom stereocenters. The number of benzene rings is 1. The summed E-state index contributed by atoms with van der Waals surface area (Å²) >= 11 is 3.32. The average molecular weight is 310 g/mol. The summed E-state index contributed by atoms with van der Waals surface area (Å²) in [5.74, 6) is -0.210. The van der Waals surface area contributed by atoms with E-state index < -0.39 is 5.54 Å². The summed E-state index contributed by atoms with van der Waals surface area (Å²) in [6.45, 7) is 3.77. The fourth-order valence-electron chi connectivity index (χ4n) is 1.50. The summed E-state index contributed by atoms with van der Waals surface area (Å²) < 4.78 is 0.671. The van der Waals surface area contributed by atoms with Crippen molar-refractivity contribution in [1.82, 2.24) is 0 Å². The molecule has 0 spiro atoms. The Kier molecular flexibility index (Phi) is 4.88. The van der Waals surface area contributed by atoms with Crippen LogP contribution in [0.5, 0.6) is 0 Å². The first-order valence-corrected chi connectivity index (χ1v) is 6.56. The van der Waals surface area contributed by atoms with Gasteiger partial charge in [0.2, 0.25) is 5.91 Å². The van der Waals surface area contributed by atoms with E-state index in [-0.39, 0.29) is 5.91 Å². The van der Waals surface area contributed by atoms with Gasteiger partial charge in [-0.25, -0.2) is 0 Å². The van der Waals surface area contributed by atoms with Gasteiger partial charge in [0.1, 0.15) is 0 Å². The van der Waals surface area contributed by atoms with Crippen LogP contribution < -0.4 is 11.1 Å². The van der Waals surface area contributed by atoms with Crippen molar-refractivity contribution in [3.63, 3.8) is 0 Å². The van der Waals surface area contributed by atoms with Gasteiger partial charge in [0.15, 0.2) is 0 Å². The Hall–Kier alpha value is -1.38. The van der Waals surface area contributed by atoms with Crippen LogP contribution in [-0.4, -0.2) is 11.4 Å². The van der Waals surface area contributed by atoms with E-state index in [1.807, 2.05) is 19.9 Å². The number of carbonyl (C=O) groups excluding carboxylic acids is 1. The first-order valence-electron chi connectivity index (χ1n) is 5.76. The highest BCUT2D eigenvalue weighted by molar-refractivity contribution is 9.10. The van der Waals surface area contributed by atoms with Gasteiger partial charge in [0, 0.05) is 4.47 Å². The summed E-state index contributed by atoms with van der Waals surface area (Å²) in [4.78, 5) is 12.1. The van der Waals surface area contributed by atoms with Crippen molar-refractivity contribution in [2.75, 3.05) is 5.32 Å². The lowest BCUT2D eigenvalue weighted by Crippen LogP contribution is -2.50. The van der Waals surface area contributed by atoms with Crippen LogP contribution in [-0.2, 0) is 4.79 Å². The van der Waals surface area contributed by atoms with Gasteiger partial charge in [0.05, 0.1) is 22.9 Å². The molecule has 1 amide bonds. The predicted octanol–water partition coefficient (Wildman–Crippen LogP) is 2.78. The molecule has 96 valence electrons. The van der Waals surface area contributed by atoms with Crippen molar-refractivity contribution < 1.29 is 4.79 Å². The number of halogens is 1. The van der Waals surface area contributed by atoms with Gasteiger partial charge < -0.3 is 11.1 Å². The summed E-state index contributed by atoms with van der Waals surface area (Å²) in [6, 6.07) is 7.03. The highest BCUT2D eigenvalue weighted by Crippen LogP contribution is 2.25. The Balaban J connectivity index is 2.92.